The topological polar surface area (TPSA) is 66.4 Å². The minimum atomic E-state index is -0.954. The van der Waals surface area contributed by atoms with Crippen molar-refractivity contribution in [3.05, 3.63) is 28.2 Å². The predicted octanol–water partition coefficient (Wildman–Crippen LogP) is 2.33. The average Bonchev–Trinajstić information content (AvgIpc) is 2.23. The van der Waals surface area contributed by atoms with Gasteiger partial charge in [-0.1, -0.05) is 0 Å². The predicted molar refractivity (Wildman–Crippen MR) is 73.1 cm³/mol. The van der Waals surface area contributed by atoms with Gasteiger partial charge >= 0.3 is 5.97 Å². The molecule has 0 aromatic heterocycles. The van der Waals surface area contributed by atoms with Gasteiger partial charge in [0.1, 0.15) is 0 Å². The molecule has 0 amide bonds. The van der Waals surface area contributed by atoms with Crippen LogP contribution in [0.4, 0.5) is 5.69 Å². The van der Waals surface area contributed by atoms with Gasteiger partial charge in [-0.05, 0) is 40.5 Å². The first-order chi connectivity index (χ1) is 8.00. The summed E-state index contributed by atoms with van der Waals surface area (Å²) in [4.78, 5) is 10.8. The molecule has 1 aromatic carbocycles. The first kappa shape index (κ1) is 14.2. The highest BCUT2D eigenvalue weighted by atomic mass is 79.9. The number of rotatable bonds is 6. The van der Waals surface area contributed by atoms with Crippen LogP contribution in [0.3, 0.4) is 0 Å². The number of halogens is 1. The Morgan fingerprint density at radius 2 is 2.24 bits per heavy atom. The molecule has 0 fully saturated rings. The third-order valence-corrected chi connectivity index (χ3v) is 3.66. The van der Waals surface area contributed by atoms with Gasteiger partial charge in [-0.15, -0.1) is 0 Å². The van der Waals surface area contributed by atoms with Crippen LogP contribution in [0.5, 0.6) is 0 Å². The molecule has 2 N–H and O–H groups in total. The summed E-state index contributed by atoms with van der Waals surface area (Å²) in [5.41, 5.74) is 1.09. The molecule has 0 radical (unpaired) electrons. The summed E-state index contributed by atoms with van der Waals surface area (Å²) in [7, 11) is -0.765. The second-order valence-corrected chi connectivity index (χ2v) is 5.97. The van der Waals surface area contributed by atoms with Crippen molar-refractivity contribution in [3.63, 3.8) is 0 Å². The van der Waals surface area contributed by atoms with Crippen LogP contribution in [0.25, 0.3) is 0 Å². The lowest BCUT2D eigenvalue weighted by Crippen LogP contribution is -2.06. The molecule has 0 aliphatic carbocycles. The van der Waals surface area contributed by atoms with Crippen LogP contribution in [-0.2, 0) is 10.8 Å². The zero-order valence-electron chi connectivity index (χ0n) is 9.40. The maximum atomic E-state index is 10.8. The number of benzene rings is 1. The van der Waals surface area contributed by atoms with Crippen molar-refractivity contribution in [2.75, 3.05) is 23.9 Å². The van der Waals surface area contributed by atoms with Crippen molar-refractivity contribution < 1.29 is 14.1 Å². The third kappa shape index (κ3) is 4.87. The van der Waals surface area contributed by atoms with Gasteiger partial charge in [-0.2, -0.15) is 0 Å². The molecule has 1 unspecified atom stereocenters. The molecular formula is C11H14BrNO3S. The molecule has 0 aliphatic heterocycles. The van der Waals surface area contributed by atoms with E-state index in [9.17, 15) is 9.00 Å². The van der Waals surface area contributed by atoms with E-state index in [0.717, 1.165) is 18.7 Å². The van der Waals surface area contributed by atoms with Gasteiger partial charge in [-0.25, -0.2) is 4.79 Å². The molecule has 6 heteroatoms. The number of nitrogens with one attached hydrogen (secondary N) is 1. The van der Waals surface area contributed by atoms with E-state index in [0.29, 0.717) is 10.2 Å². The first-order valence-electron chi connectivity index (χ1n) is 5.07. The van der Waals surface area contributed by atoms with Gasteiger partial charge in [0, 0.05) is 39.5 Å². The second kappa shape index (κ2) is 6.76. The number of carbonyl (C=O) groups is 1. The monoisotopic (exact) mass is 319 g/mol. The van der Waals surface area contributed by atoms with Crippen molar-refractivity contribution in [3.8, 4) is 0 Å². The normalized spacial score (nSPS) is 12.1. The van der Waals surface area contributed by atoms with Crippen molar-refractivity contribution in [2.45, 2.75) is 6.42 Å². The standard InChI is InChI=1S/C11H14BrNO3S/c1-17(16)6-2-5-13-8-3-4-9(11(14)15)10(12)7-8/h3-4,7,13H,2,5-6H2,1H3,(H,14,15). The second-order valence-electron chi connectivity index (χ2n) is 3.56. The Bertz CT molecular complexity index is 437. The van der Waals surface area contributed by atoms with E-state index in [2.05, 4.69) is 21.2 Å². The van der Waals surface area contributed by atoms with E-state index in [4.69, 9.17) is 5.11 Å². The number of aromatic carboxylic acids is 1. The molecule has 0 aliphatic rings. The van der Waals surface area contributed by atoms with E-state index in [1.165, 1.54) is 0 Å². The molecule has 1 rings (SSSR count). The number of carboxylic acid groups (broad SMARTS) is 1. The Kier molecular flexibility index (Phi) is 5.64. The van der Waals surface area contributed by atoms with E-state index >= 15 is 0 Å². The lowest BCUT2D eigenvalue weighted by Gasteiger charge is -2.07. The Balaban J connectivity index is 2.53. The van der Waals surface area contributed by atoms with E-state index < -0.39 is 16.8 Å². The summed E-state index contributed by atoms with van der Waals surface area (Å²) in [5, 5.41) is 12.0. The molecule has 17 heavy (non-hydrogen) atoms. The van der Waals surface area contributed by atoms with Crippen molar-refractivity contribution in [2.24, 2.45) is 0 Å². The lowest BCUT2D eigenvalue weighted by molar-refractivity contribution is 0.0696. The number of hydrogen-bond donors (Lipinski definition) is 2. The highest BCUT2D eigenvalue weighted by molar-refractivity contribution is 9.10. The maximum absolute atomic E-state index is 10.8. The Labute approximate surface area is 111 Å². The quantitative estimate of drug-likeness (QED) is 0.790. The van der Waals surface area contributed by atoms with Crippen LogP contribution in [0.15, 0.2) is 22.7 Å². The largest absolute Gasteiger partial charge is 0.478 e. The first-order valence-corrected chi connectivity index (χ1v) is 7.59. The van der Waals surface area contributed by atoms with E-state index in [-0.39, 0.29) is 5.56 Å². The fraction of sp³-hybridized carbons (Fsp3) is 0.364. The number of anilines is 1. The minimum absolute atomic E-state index is 0.241. The molecule has 94 valence electrons. The van der Waals surface area contributed by atoms with E-state index in [1.807, 2.05) is 0 Å². The summed E-state index contributed by atoms with van der Waals surface area (Å²) in [5.74, 6) is -0.286. The van der Waals surface area contributed by atoms with Crippen LogP contribution in [-0.4, -0.2) is 33.8 Å². The molecule has 1 atom stereocenters. The van der Waals surface area contributed by atoms with Gasteiger partial charge in [0.2, 0.25) is 0 Å². The zero-order valence-corrected chi connectivity index (χ0v) is 11.8. The molecule has 0 bridgehead atoms. The van der Waals surface area contributed by atoms with Crippen LogP contribution >= 0.6 is 15.9 Å². The molecule has 1 aromatic rings. The van der Waals surface area contributed by atoms with Crippen molar-refractivity contribution in [1.29, 1.82) is 0 Å². The van der Waals surface area contributed by atoms with Gasteiger partial charge in [0.25, 0.3) is 0 Å². The highest BCUT2D eigenvalue weighted by Gasteiger charge is 2.07. The SMILES string of the molecule is CS(=O)CCCNc1ccc(C(=O)O)c(Br)c1. The zero-order chi connectivity index (χ0) is 12.8. The molecule has 0 heterocycles. The van der Waals surface area contributed by atoms with Crippen LogP contribution < -0.4 is 5.32 Å². The fourth-order valence-corrected chi connectivity index (χ4v) is 2.41. The molecule has 0 saturated carbocycles. The Morgan fingerprint density at radius 3 is 2.76 bits per heavy atom. The molecule has 0 saturated heterocycles. The van der Waals surface area contributed by atoms with Crippen LogP contribution in [0.2, 0.25) is 0 Å². The minimum Gasteiger partial charge on any atom is -0.478 e. The lowest BCUT2D eigenvalue weighted by atomic mass is 10.2. The third-order valence-electron chi connectivity index (χ3n) is 2.14. The summed E-state index contributed by atoms with van der Waals surface area (Å²) in [6.45, 7) is 0.721. The van der Waals surface area contributed by atoms with Crippen LogP contribution in [0.1, 0.15) is 16.8 Å². The highest BCUT2D eigenvalue weighted by Crippen LogP contribution is 2.21. The van der Waals surface area contributed by atoms with Gasteiger partial charge in [0.05, 0.1) is 5.56 Å². The maximum Gasteiger partial charge on any atom is 0.336 e. The summed E-state index contributed by atoms with van der Waals surface area (Å²) in [6.07, 6.45) is 2.50. The van der Waals surface area contributed by atoms with E-state index in [1.54, 1.807) is 24.5 Å². The summed E-state index contributed by atoms with van der Waals surface area (Å²) in [6, 6.07) is 5.00. The summed E-state index contributed by atoms with van der Waals surface area (Å²) < 4.78 is 11.4. The van der Waals surface area contributed by atoms with Crippen molar-refractivity contribution >= 4 is 38.4 Å². The molecule has 0 spiro atoms. The smallest absolute Gasteiger partial charge is 0.336 e. The molecular weight excluding hydrogens is 306 g/mol. The summed E-state index contributed by atoms with van der Waals surface area (Å²) >= 11 is 3.21. The number of carboxylic acids is 1. The van der Waals surface area contributed by atoms with Crippen LogP contribution in [0, 0.1) is 0 Å². The molecule has 4 nitrogen and oxygen atoms in total. The van der Waals surface area contributed by atoms with Gasteiger partial charge < -0.3 is 10.4 Å². The van der Waals surface area contributed by atoms with Gasteiger partial charge in [0.15, 0.2) is 0 Å². The van der Waals surface area contributed by atoms with Crippen molar-refractivity contribution in [1.82, 2.24) is 0 Å². The van der Waals surface area contributed by atoms with Gasteiger partial charge in [-0.3, -0.25) is 4.21 Å². The number of hydrogen-bond acceptors (Lipinski definition) is 3. The Hall–Kier alpha value is -0.880. The fourth-order valence-electron chi connectivity index (χ4n) is 1.31. The Morgan fingerprint density at radius 1 is 1.53 bits per heavy atom. The average molecular weight is 320 g/mol.